The van der Waals surface area contributed by atoms with Gasteiger partial charge in [0.2, 0.25) is 0 Å². The zero-order valence-corrected chi connectivity index (χ0v) is 9.11. The van der Waals surface area contributed by atoms with Crippen LogP contribution in [0.25, 0.3) is 10.1 Å². The first-order valence-electron chi connectivity index (χ1n) is 5.22. The standard InChI is InChI=1S/C12H12FNS/c13-10-2-1-3-11-12(10)8(7-15-11)6-14-9-4-5-9/h1-3,7,9,14H,4-6H2. The van der Waals surface area contributed by atoms with E-state index in [4.69, 9.17) is 0 Å². The molecule has 1 aromatic heterocycles. The van der Waals surface area contributed by atoms with E-state index < -0.39 is 0 Å². The van der Waals surface area contributed by atoms with Crippen molar-refractivity contribution in [1.29, 1.82) is 0 Å². The number of fused-ring (bicyclic) bond motifs is 1. The summed E-state index contributed by atoms with van der Waals surface area (Å²) in [5.41, 5.74) is 1.10. The van der Waals surface area contributed by atoms with Crippen molar-refractivity contribution in [2.75, 3.05) is 0 Å². The lowest BCUT2D eigenvalue weighted by Gasteiger charge is -2.01. The van der Waals surface area contributed by atoms with Gasteiger partial charge in [-0.3, -0.25) is 0 Å². The summed E-state index contributed by atoms with van der Waals surface area (Å²) in [5.74, 6) is -0.0960. The van der Waals surface area contributed by atoms with Crippen LogP contribution in [0.15, 0.2) is 23.6 Å². The summed E-state index contributed by atoms with van der Waals surface area (Å²) in [6.07, 6.45) is 2.54. The molecule has 78 valence electrons. The number of thiophene rings is 1. The monoisotopic (exact) mass is 221 g/mol. The summed E-state index contributed by atoms with van der Waals surface area (Å²) < 4.78 is 14.6. The molecular weight excluding hydrogens is 209 g/mol. The summed E-state index contributed by atoms with van der Waals surface area (Å²) >= 11 is 1.62. The smallest absolute Gasteiger partial charge is 0.132 e. The molecule has 1 saturated carbocycles. The van der Waals surface area contributed by atoms with E-state index in [2.05, 4.69) is 10.7 Å². The van der Waals surface area contributed by atoms with Crippen LogP contribution < -0.4 is 5.32 Å². The van der Waals surface area contributed by atoms with E-state index in [0.717, 1.165) is 22.2 Å². The lowest BCUT2D eigenvalue weighted by atomic mass is 10.1. The number of hydrogen-bond donors (Lipinski definition) is 1. The highest BCUT2D eigenvalue weighted by molar-refractivity contribution is 7.17. The van der Waals surface area contributed by atoms with Crippen LogP contribution in [0.2, 0.25) is 0 Å². The molecule has 1 N–H and O–H groups in total. The molecule has 0 atom stereocenters. The fourth-order valence-electron chi connectivity index (χ4n) is 1.78. The van der Waals surface area contributed by atoms with Gasteiger partial charge in [0.15, 0.2) is 0 Å². The molecule has 2 aromatic rings. The first-order valence-corrected chi connectivity index (χ1v) is 6.10. The maximum atomic E-state index is 13.6. The zero-order valence-electron chi connectivity index (χ0n) is 8.29. The Hall–Kier alpha value is -0.930. The van der Waals surface area contributed by atoms with E-state index >= 15 is 0 Å². The van der Waals surface area contributed by atoms with Gasteiger partial charge in [-0.1, -0.05) is 6.07 Å². The van der Waals surface area contributed by atoms with E-state index in [1.54, 1.807) is 17.4 Å². The van der Waals surface area contributed by atoms with Gasteiger partial charge >= 0.3 is 0 Å². The topological polar surface area (TPSA) is 12.0 Å². The molecule has 3 heteroatoms. The first-order chi connectivity index (χ1) is 7.34. The number of benzene rings is 1. The van der Waals surface area contributed by atoms with Crippen LogP contribution in [-0.4, -0.2) is 6.04 Å². The Morgan fingerprint density at radius 2 is 2.27 bits per heavy atom. The summed E-state index contributed by atoms with van der Waals surface area (Å²) in [4.78, 5) is 0. The Labute approximate surface area is 91.9 Å². The van der Waals surface area contributed by atoms with Crippen molar-refractivity contribution in [3.63, 3.8) is 0 Å². The van der Waals surface area contributed by atoms with Gasteiger partial charge in [0.05, 0.1) is 0 Å². The Morgan fingerprint density at radius 3 is 3.07 bits per heavy atom. The molecule has 1 aliphatic rings. The predicted octanol–water partition coefficient (Wildman–Crippen LogP) is 3.29. The number of nitrogens with one attached hydrogen (secondary N) is 1. The first kappa shape index (κ1) is 9.31. The molecule has 15 heavy (non-hydrogen) atoms. The molecule has 3 rings (SSSR count). The Kier molecular flexibility index (Phi) is 2.22. The summed E-state index contributed by atoms with van der Waals surface area (Å²) in [7, 11) is 0. The normalized spacial score (nSPS) is 16.1. The molecule has 1 aliphatic carbocycles. The maximum absolute atomic E-state index is 13.6. The largest absolute Gasteiger partial charge is 0.310 e. The second kappa shape index (κ2) is 3.58. The lowest BCUT2D eigenvalue weighted by molar-refractivity contribution is 0.635. The van der Waals surface area contributed by atoms with Crippen LogP contribution in [0.4, 0.5) is 4.39 Å². The van der Waals surface area contributed by atoms with E-state index in [9.17, 15) is 4.39 Å². The molecule has 1 aromatic carbocycles. The van der Waals surface area contributed by atoms with Crippen LogP contribution in [0.5, 0.6) is 0 Å². The zero-order chi connectivity index (χ0) is 10.3. The minimum Gasteiger partial charge on any atom is -0.310 e. The molecule has 0 bridgehead atoms. The molecule has 1 nitrogen and oxygen atoms in total. The van der Waals surface area contributed by atoms with Gasteiger partial charge in [0.25, 0.3) is 0 Å². The highest BCUT2D eigenvalue weighted by Gasteiger charge is 2.20. The van der Waals surface area contributed by atoms with Crippen LogP contribution in [0.3, 0.4) is 0 Å². The minimum atomic E-state index is -0.0960. The van der Waals surface area contributed by atoms with Crippen molar-refractivity contribution in [2.45, 2.75) is 25.4 Å². The fraction of sp³-hybridized carbons (Fsp3) is 0.333. The van der Waals surface area contributed by atoms with Gasteiger partial charge < -0.3 is 5.32 Å². The van der Waals surface area contributed by atoms with Gasteiger partial charge in [-0.05, 0) is 35.9 Å². The Balaban J connectivity index is 1.94. The summed E-state index contributed by atoms with van der Waals surface area (Å²) in [5, 5.41) is 6.28. The average Bonchev–Trinajstić information content (AvgIpc) is 2.96. The van der Waals surface area contributed by atoms with Crippen LogP contribution in [0.1, 0.15) is 18.4 Å². The summed E-state index contributed by atoms with van der Waals surface area (Å²) in [6, 6.07) is 5.96. The molecular formula is C12H12FNS. The number of rotatable bonds is 3. The van der Waals surface area contributed by atoms with Gasteiger partial charge in [0.1, 0.15) is 5.82 Å². The molecule has 0 amide bonds. The molecule has 0 radical (unpaired) electrons. The van der Waals surface area contributed by atoms with Gasteiger partial charge in [0, 0.05) is 22.7 Å². The van der Waals surface area contributed by atoms with E-state index in [0.29, 0.717) is 6.04 Å². The highest BCUT2D eigenvalue weighted by Crippen LogP contribution is 2.29. The van der Waals surface area contributed by atoms with Crippen molar-refractivity contribution < 1.29 is 4.39 Å². The summed E-state index contributed by atoms with van der Waals surface area (Å²) in [6.45, 7) is 0.797. The van der Waals surface area contributed by atoms with Crippen LogP contribution >= 0.6 is 11.3 Å². The molecule has 0 spiro atoms. The fourth-order valence-corrected chi connectivity index (χ4v) is 2.75. The van der Waals surface area contributed by atoms with Crippen LogP contribution in [0, 0.1) is 5.82 Å². The van der Waals surface area contributed by atoms with Gasteiger partial charge in [-0.25, -0.2) is 4.39 Å². The molecule has 0 aliphatic heterocycles. The average molecular weight is 221 g/mol. The van der Waals surface area contributed by atoms with Crippen molar-refractivity contribution in [2.24, 2.45) is 0 Å². The second-order valence-corrected chi connectivity index (χ2v) is 4.94. The third kappa shape index (κ3) is 1.77. The van der Waals surface area contributed by atoms with Crippen molar-refractivity contribution in [1.82, 2.24) is 5.32 Å². The van der Waals surface area contributed by atoms with Gasteiger partial charge in [-0.2, -0.15) is 0 Å². The highest BCUT2D eigenvalue weighted by atomic mass is 32.1. The Morgan fingerprint density at radius 1 is 1.40 bits per heavy atom. The predicted molar refractivity (Wildman–Crippen MR) is 61.6 cm³/mol. The molecule has 1 heterocycles. The third-order valence-corrected chi connectivity index (χ3v) is 3.78. The SMILES string of the molecule is Fc1cccc2scc(CNC3CC3)c12. The second-order valence-electron chi connectivity index (χ2n) is 4.03. The Bertz CT molecular complexity index is 487. The van der Waals surface area contributed by atoms with E-state index in [1.807, 2.05) is 6.07 Å². The van der Waals surface area contributed by atoms with Crippen molar-refractivity contribution in [3.8, 4) is 0 Å². The lowest BCUT2D eigenvalue weighted by Crippen LogP contribution is -2.14. The van der Waals surface area contributed by atoms with Crippen molar-refractivity contribution in [3.05, 3.63) is 35.0 Å². The quantitative estimate of drug-likeness (QED) is 0.838. The third-order valence-electron chi connectivity index (χ3n) is 2.78. The van der Waals surface area contributed by atoms with E-state index in [-0.39, 0.29) is 5.82 Å². The van der Waals surface area contributed by atoms with Crippen LogP contribution in [-0.2, 0) is 6.54 Å². The molecule has 0 saturated heterocycles. The number of hydrogen-bond acceptors (Lipinski definition) is 2. The van der Waals surface area contributed by atoms with Crippen molar-refractivity contribution >= 4 is 21.4 Å². The minimum absolute atomic E-state index is 0.0960. The number of halogens is 1. The van der Waals surface area contributed by atoms with Gasteiger partial charge in [-0.15, -0.1) is 11.3 Å². The van der Waals surface area contributed by atoms with E-state index in [1.165, 1.54) is 18.9 Å². The molecule has 1 fully saturated rings. The maximum Gasteiger partial charge on any atom is 0.132 e. The molecule has 0 unspecified atom stereocenters.